The van der Waals surface area contributed by atoms with Crippen LogP contribution in [0.1, 0.15) is 0 Å². The van der Waals surface area contributed by atoms with Crippen LogP contribution in [-0.4, -0.2) is 33.1 Å². The molecule has 2 heterocycles. The van der Waals surface area contributed by atoms with Crippen molar-refractivity contribution in [3.05, 3.63) is 29.9 Å². The summed E-state index contributed by atoms with van der Waals surface area (Å²) < 4.78 is 1.97. The smallest absolute Gasteiger partial charge is 0.224 e. The van der Waals surface area contributed by atoms with Crippen LogP contribution in [0.2, 0.25) is 5.02 Å². The lowest BCUT2D eigenvalue weighted by atomic mass is 10.5. The number of rotatable bonds is 5. The van der Waals surface area contributed by atoms with Gasteiger partial charge in [0.05, 0.1) is 12.5 Å². The van der Waals surface area contributed by atoms with Gasteiger partial charge in [-0.3, -0.25) is 0 Å². The van der Waals surface area contributed by atoms with E-state index >= 15 is 0 Å². The van der Waals surface area contributed by atoms with Gasteiger partial charge < -0.3 is 15.2 Å². The molecule has 2 aromatic rings. The first kappa shape index (κ1) is 11.7. The molecule has 90 valence electrons. The molecule has 0 radical (unpaired) electrons. The normalized spacial score (nSPS) is 10.2. The molecular weight excluding hydrogens is 240 g/mol. The Morgan fingerprint density at radius 3 is 3.06 bits per heavy atom. The molecule has 0 saturated carbocycles. The Morgan fingerprint density at radius 1 is 1.47 bits per heavy atom. The molecule has 0 amide bonds. The summed E-state index contributed by atoms with van der Waals surface area (Å²) in [5.41, 5.74) is 0. The largest absolute Gasteiger partial charge is 0.367 e. The predicted octanol–water partition coefficient (Wildman–Crippen LogP) is 1.48. The van der Waals surface area contributed by atoms with Crippen LogP contribution >= 0.6 is 11.6 Å². The van der Waals surface area contributed by atoms with E-state index in [1.165, 1.54) is 0 Å². The predicted molar refractivity (Wildman–Crippen MR) is 67.3 cm³/mol. The average molecular weight is 253 g/mol. The Hall–Kier alpha value is -1.82. The minimum absolute atomic E-state index is 0.509. The van der Waals surface area contributed by atoms with Gasteiger partial charge in [0.25, 0.3) is 0 Å². The maximum atomic E-state index is 5.98. The molecule has 2 rings (SSSR count). The molecule has 0 fully saturated rings. The van der Waals surface area contributed by atoms with Gasteiger partial charge in [-0.2, -0.15) is 4.98 Å². The number of nitrogens with one attached hydrogen (secondary N) is 2. The molecule has 0 aliphatic rings. The Kier molecular flexibility index (Phi) is 3.77. The zero-order valence-corrected chi connectivity index (χ0v) is 10.1. The fourth-order valence-electron chi connectivity index (χ4n) is 1.33. The lowest BCUT2D eigenvalue weighted by Gasteiger charge is -2.08. The van der Waals surface area contributed by atoms with Crippen LogP contribution < -0.4 is 10.6 Å². The van der Waals surface area contributed by atoms with Gasteiger partial charge in [-0.15, -0.1) is 0 Å². The van der Waals surface area contributed by atoms with Crippen molar-refractivity contribution in [1.29, 1.82) is 0 Å². The number of aromatic nitrogens is 4. The van der Waals surface area contributed by atoms with Crippen molar-refractivity contribution < 1.29 is 0 Å². The molecule has 0 unspecified atom stereocenters. The first-order valence-corrected chi connectivity index (χ1v) is 5.57. The van der Waals surface area contributed by atoms with Gasteiger partial charge >= 0.3 is 0 Å². The van der Waals surface area contributed by atoms with E-state index in [4.69, 9.17) is 11.6 Å². The standard InChI is InChI=1S/C10H13ClN6/c1-12-10-15-6-8(11)9(16-10)14-3-5-17-4-2-13-7-17/h2,4,6-7H,3,5H2,1H3,(H2,12,14,15,16). The third-order valence-corrected chi connectivity index (χ3v) is 2.47. The third kappa shape index (κ3) is 3.07. The van der Waals surface area contributed by atoms with Crippen molar-refractivity contribution in [3.63, 3.8) is 0 Å². The van der Waals surface area contributed by atoms with Gasteiger partial charge in [-0.05, 0) is 0 Å². The Bertz CT molecular complexity index is 470. The maximum Gasteiger partial charge on any atom is 0.224 e. The Labute approximate surface area is 104 Å². The van der Waals surface area contributed by atoms with E-state index in [0.29, 0.717) is 16.8 Å². The Balaban J connectivity index is 1.94. The van der Waals surface area contributed by atoms with E-state index in [9.17, 15) is 0 Å². The summed E-state index contributed by atoms with van der Waals surface area (Å²) in [5.74, 6) is 1.17. The summed E-state index contributed by atoms with van der Waals surface area (Å²) in [6.07, 6.45) is 6.99. The SMILES string of the molecule is CNc1ncc(Cl)c(NCCn2ccnc2)n1. The highest BCUT2D eigenvalue weighted by Crippen LogP contribution is 2.18. The molecule has 0 spiro atoms. The summed E-state index contributed by atoms with van der Waals surface area (Å²) >= 11 is 5.98. The van der Waals surface area contributed by atoms with Crippen molar-refractivity contribution in [3.8, 4) is 0 Å². The molecule has 0 atom stereocenters. The van der Waals surface area contributed by atoms with Gasteiger partial charge in [0.15, 0.2) is 5.82 Å². The monoisotopic (exact) mass is 252 g/mol. The lowest BCUT2D eigenvalue weighted by Crippen LogP contribution is -2.11. The molecule has 0 aromatic carbocycles. The molecule has 2 N–H and O–H groups in total. The van der Waals surface area contributed by atoms with Gasteiger partial charge in [0.1, 0.15) is 5.02 Å². The first-order chi connectivity index (χ1) is 8.29. The van der Waals surface area contributed by atoms with Crippen LogP contribution in [0.3, 0.4) is 0 Å². The molecule has 6 nitrogen and oxygen atoms in total. The first-order valence-electron chi connectivity index (χ1n) is 5.19. The highest BCUT2D eigenvalue weighted by atomic mass is 35.5. The fourth-order valence-corrected chi connectivity index (χ4v) is 1.49. The summed E-state index contributed by atoms with van der Waals surface area (Å²) in [6.45, 7) is 1.52. The van der Waals surface area contributed by atoms with Crippen LogP contribution in [0.25, 0.3) is 0 Å². The molecule has 2 aromatic heterocycles. The molecule has 0 aliphatic heterocycles. The van der Waals surface area contributed by atoms with E-state index in [-0.39, 0.29) is 0 Å². The van der Waals surface area contributed by atoms with Crippen LogP contribution in [0.5, 0.6) is 0 Å². The van der Waals surface area contributed by atoms with Gasteiger partial charge in [-0.1, -0.05) is 11.6 Å². The number of hydrogen-bond donors (Lipinski definition) is 2. The maximum absolute atomic E-state index is 5.98. The van der Waals surface area contributed by atoms with E-state index in [0.717, 1.165) is 13.1 Å². The quantitative estimate of drug-likeness (QED) is 0.844. The van der Waals surface area contributed by atoms with Crippen molar-refractivity contribution in [2.45, 2.75) is 6.54 Å². The van der Waals surface area contributed by atoms with E-state index < -0.39 is 0 Å². The van der Waals surface area contributed by atoms with E-state index in [1.54, 1.807) is 25.8 Å². The number of hydrogen-bond acceptors (Lipinski definition) is 5. The highest BCUT2D eigenvalue weighted by Gasteiger charge is 2.03. The Morgan fingerprint density at radius 2 is 2.35 bits per heavy atom. The second-order valence-corrected chi connectivity index (χ2v) is 3.77. The number of anilines is 2. The van der Waals surface area contributed by atoms with Crippen molar-refractivity contribution in [1.82, 2.24) is 19.5 Å². The van der Waals surface area contributed by atoms with Crippen LogP contribution in [0, 0.1) is 0 Å². The second kappa shape index (κ2) is 5.49. The topological polar surface area (TPSA) is 67.7 Å². The summed E-state index contributed by atoms with van der Waals surface area (Å²) in [5, 5.41) is 6.53. The second-order valence-electron chi connectivity index (χ2n) is 3.37. The van der Waals surface area contributed by atoms with Gasteiger partial charge in [0.2, 0.25) is 5.95 Å². The molecule has 0 bridgehead atoms. The lowest BCUT2D eigenvalue weighted by molar-refractivity contribution is 0.725. The van der Waals surface area contributed by atoms with Gasteiger partial charge in [-0.25, -0.2) is 9.97 Å². The molecule has 0 aliphatic carbocycles. The molecule has 0 saturated heterocycles. The summed E-state index contributed by atoms with van der Waals surface area (Å²) in [4.78, 5) is 12.2. The fraction of sp³-hybridized carbons (Fsp3) is 0.300. The van der Waals surface area contributed by atoms with Gasteiger partial charge in [0, 0.05) is 32.5 Å². The zero-order valence-electron chi connectivity index (χ0n) is 9.39. The van der Waals surface area contributed by atoms with Crippen molar-refractivity contribution in [2.75, 3.05) is 24.2 Å². The number of imidazole rings is 1. The van der Waals surface area contributed by atoms with Crippen LogP contribution in [-0.2, 0) is 6.54 Å². The highest BCUT2D eigenvalue weighted by molar-refractivity contribution is 6.32. The average Bonchev–Trinajstić information content (AvgIpc) is 2.84. The minimum atomic E-state index is 0.509. The molecule has 7 heteroatoms. The van der Waals surface area contributed by atoms with Crippen molar-refractivity contribution >= 4 is 23.4 Å². The van der Waals surface area contributed by atoms with Crippen LogP contribution in [0.4, 0.5) is 11.8 Å². The van der Waals surface area contributed by atoms with Crippen molar-refractivity contribution in [2.24, 2.45) is 0 Å². The van der Waals surface area contributed by atoms with E-state index in [2.05, 4.69) is 25.6 Å². The third-order valence-electron chi connectivity index (χ3n) is 2.19. The molecular formula is C10H13ClN6. The summed E-state index contributed by atoms with van der Waals surface area (Å²) in [7, 11) is 1.76. The number of nitrogens with zero attached hydrogens (tertiary/aromatic N) is 4. The van der Waals surface area contributed by atoms with E-state index in [1.807, 2.05) is 10.8 Å². The zero-order chi connectivity index (χ0) is 12.1. The van der Waals surface area contributed by atoms with Crippen LogP contribution in [0.15, 0.2) is 24.9 Å². The number of halogens is 1. The minimum Gasteiger partial charge on any atom is -0.367 e. The summed E-state index contributed by atoms with van der Waals surface area (Å²) in [6, 6.07) is 0. The molecule has 17 heavy (non-hydrogen) atoms.